The highest BCUT2D eigenvalue weighted by atomic mass is 35.5. The zero-order valence-electron chi connectivity index (χ0n) is 11.4. The topological polar surface area (TPSA) is 55.8 Å². The molecule has 0 saturated carbocycles. The molecule has 1 aromatic carbocycles. The Hall–Kier alpha value is -2.01. The van der Waals surface area contributed by atoms with Crippen molar-refractivity contribution in [3.05, 3.63) is 28.8 Å². The van der Waals surface area contributed by atoms with E-state index in [0.717, 1.165) is 4.90 Å². The van der Waals surface area contributed by atoms with Gasteiger partial charge >= 0.3 is 0 Å². The number of rotatable bonds is 4. The van der Waals surface area contributed by atoms with Gasteiger partial charge in [0.2, 0.25) is 0 Å². The van der Waals surface area contributed by atoms with Gasteiger partial charge in [-0.25, -0.2) is 0 Å². The normalized spacial score (nSPS) is 15.1. The lowest BCUT2D eigenvalue weighted by atomic mass is 10.1. The Morgan fingerprint density at radius 1 is 1.10 bits per heavy atom. The number of halogens is 1. The maximum atomic E-state index is 12.2. The maximum absolute atomic E-state index is 12.2. The molecule has 0 aromatic heterocycles. The third-order valence-corrected chi connectivity index (χ3v) is 3.45. The van der Waals surface area contributed by atoms with E-state index in [1.54, 1.807) is 25.1 Å². The molecule has 0 N–H and O–H groups in total. The van der Waals surface area contributed by atoms with Crippen molar-refractivity contribution in [2.75, 3.05) is 20.8 Å². The second-order valence-corrected chi connectivity index (χ2v) is 4.49. The molecule has 1 heterocycles. The average Bonchev–Trinajstić information content (AvgIpc) is 2.68. The zero-order valence-corrected chi connectivity index (χ0v) is 12.2. The second kappa shape index (κ2) is 5.54. The Balaban J connectivity index is 2.51. The lowest BCUT2D eigenvalue weighted by molar-refractivity contribution is -0.136. The fraction of sp³-hybridized carbons (Fsp3) is 0.286. The van der Waals surface area contributed by atoms with Crippen molar-refractivity contribution >= 4 is 29.0 Å². The van der Waals surface area contributed by atoms with Crippen molar-refractivity contribution in [3.8, 4) is 11.5 Å². The van der Waals surface area contributed by atoms with Crippen LogP contribution in [0.25, 0.3) is 5.57 Å². The van der Waals surface area contributed by atoms with Crippen LogP contribution in [0.1, 0.15) is 12.5 Å². The fourth-order valence-corrected chi connectivity index (χ4v) is 2.37. The summed E-state index contributed by atoms with van der Waals surface area (Å²) in [6, 6.07) is 4.96. The molecule has 20 heavy (non-hydrogen) atoms. The van der Waals surface area contributed by atoms with Crippen LogP contribution >= 0.6 is 11.6 Å². The van der Waals surface area contributed by atoms with Crippen LogP contribution < -0.4 is 9.47 Å². The number of likely N-dealkylation sites (N-methyl/N-ethyl adjacent to an activating group) is 1. The zero-order chi connectivity index (χ0) is 14.9. The van der Waals surface area contributed by atoms with Gasteiger partial charge in [-0.1, -0.05) is 17.7 Å². The van der Waals surface area contributed by atoms with Crippen LogP contribution in [0.4, 0.5) is 0 Å². The molecule has 6 heteroatoms. The smallest absolute Gasteiger partial charge is 0.273 e. The van der Waals surface area contributed by atoms with E-state index >= 15 is 0 Å². The fourth-order valence-electron chi connectivity index (χ4n) is 2.08. The molecule has 0 fully saturated rings. The third-order valence-electron chi connectivity index (χ3n) is 3.10. The number of ether oxygens (including phenoxy) is 2. The Morgan fingerprint density at radius 3 is 2.25 bits per heavy atom. The van der Waals surface area contributed by atoms with Gasteiger partial charge in [-0.15, -0.1) is 0 Å². The maximum Gasteiger partial charge on any atom is 0.273 e. The molecular formula is C14H14ClNO4. The molecule has 1 aromatic rings. The van der Waals surface area contributed by atoms with Gasteiger partial charge in [-0.3, -0.25) is 14.5 Å². The van der Waals surface area contributed by atoms with Gasteiger partial charge in [-0.05, 0) is 24.6 Å². The van der Waals surface area contributed by atoms with Crippen LogP contribution in [0.2, 0.25) is 0 Å². The van der Waals surface area contributed by atoms with Gasteiger partial charge in [0.05, 0.1) is 19.8 Å². The molecule has 0 atom stereocenters. The van der Waals surface area contributed by atoms with Crippen LogP contribution in [-0.2, 0) is 9.59 Å². The summed E-state index contributed by atoms with van der Waals surface area (Å²) < 4.78 is 10.3. The van der Waals surface area contributed by atoms with E-state index in [4.69, 9.17) is 21.1 Å². The molecule has 2 rings (SSSR count). The molecule has 5 nitrogen and oxygen atoms in total. The average molecular weight is 296 g/mol. The minimum absolute atomic E-state index is 0.0657. The van der Waals surface area contributed by atoms with Gasteiger partial charge in [0.1, 0.15) is 5.03 Å². The molecule has 1 aliphatic heterocycles. The highest BCUT2D eigenvalue weighted by Gasteiger charge is 2.37. The summed E-state index contributed by atoms with van der Waals surface area (Å²) in [5, 5.41) is -0.0657. The molecule has 0 aliphatic carbocycles. The summed E-state index contributed by atoms with van der Waals surface area (Å²) in [5.74, 6) is 0.146. The first-order valence-electron chi connectivity index (χ1n) is 6.03. The van der Waals surface area contributed by atoms with Crippen molar-refractivity contribution < 1.29 is 19.1 Å². The van der Waals surface area contributed by atoms with Gasteiger partial charge in [0.25, 0.3) is 11.8 Å². The SMILES string of the molecule is CCN1C(=O)C(Cl)=C(c2ccc(OC)c(OC)c2)C1=O. The number of imide groups is 1. The molecule has 1 aliphatic rings. The first-order chi connectivity index (χ1) is 9.54. The lowest BCUT2D eigenvalue weighted by Gasteiger charge is -2.12. The molecule has 2 amide bonds. The summed E-state index contributed by atoms with van der Waals surface area (Å²) in [6.07, 6.45) is 0. The summed E-state index contributed by atoms with van der Waals surface area (Å²) in [4.78, 5) is 25.2. The first-order valence-corrected chi connectivity index (χ1v) is 6.41. The second-order valence-electron chi connectivity index (χ2n) is 4.11. The number of carbonyl (C=O) groups excluding carboxylic acids is 2. The lowest BCUT2D eigenvalue weighted by Crippen LogP contribution is -2.30. The third kappa shape index (κ3) is 2.14. The minimum atomic E-state index is -0.469. The molecule has 0 unspecified atom stereocenters. The number of carbonyl (C=O) groups is 2. The Bertz CT molecular complexity index is 609. The van der Waals surface area contributed by atoms with Crippen molar-refractivity contribution in [1.82, 2.24) is 4.90 Å². The highest BCUT2D eigenvalue weighted by molar-refractivity contribution is 6.55. The minimum Gasteiger partial charge on any atom is -0.493 e. The van der Waals surface area contributed by atoms with E-state index in [-0.39, 0.29) is 17.2 Å². The molecule has 0 radical (unpaired) electrons. The number of methoxy groups -OCH3 is 2. The van der Waals surface area contributed by atoms with Crippen molar-refractivity contribution in [1.29, 1.82) is 0 Å². The van der Waals surface area contributed by atoms with Crippen LogP contribution in [0.3, 0.4) is 0 Å². The summed E-state index contributed by atoms with van der Waals surface area (Å²) in [7, 11) is 3.02. The number of nitrogens with zero attached hydrogens (tertiary/aromatic N) is 1. The number of amides is 2. The predicted molar refractivity (Wildman–Crippen MR) is 74.7 cm³/mol. The van der Waals surface area contributed by atoms with Crippen LogP contribution in [0, 0.1) is 0 Å². The first kappa shape index (κ1) is 14.4. The largest absolute Gasteiger partial charge is 0.493 e. The van der Waals surface area contributed by atoms with Crippen LogP contribution in [-0.4, -0.2) is 37.5 Å². The number of benzene rings is 1. The van der Waals surface area contributed by atoms with E-state index in [2.05, 4.69) is 0 Å². The van der Waals surface area contributed by atoms with Crippen molar-refractivity contribution in [2.45, 2.75) is 6.92 Å². The quantitative estimate of drug-likeness (QED) is 0.798. The Labute approximate surface area is 121 Å². The molecule has 0 bridgehead atoms. The molecular weight excluding hydrogens is 282 g/mol. The predicted octanol–water partition coefficient (Wildman–Crippen LogP) is 2.04. The summed E-state index contributed by atoms with van der Waals surface area (Å²) >= 11 is 6.00. The standard InChI is InChI=1S/C14H14ClNO4/c1-4-16-13(17)11(12(15)14(16)18)8-5-6-9(19-2)10(7-8)20-3/h5-7H,4H2,1-3H3. The van der Waals surface area contributed by atoms with E-state index < -0.39 is 11.8 Å². The molecule has 0 spiro atoms. The molecule has 106 valence electrons. The van der Waals surface area contributed by atoms with Crippen molar-refractivity contribution in [3.63, 3.8) is 0 Å². The Kier molecular flexibility index (Phi) is 3.99. The van der Waals surface area contributed by atoms with E-state index in [1.165, 1.54) is 14.2 Å². The summed E-state index contributed by atoms with van der Waals surface area (Å²) in [5.41, 5.74) is 0.724. The van der Waals surface area contributed by atoms with E-state index in [0.29, 0.717) is 17.1 Å². The van der Waals surface area contributed by atoms with Gasteiger partial charge in [0, 0.05) is 6.54 Å². The van der Waals surface area contributed by atoms with Crippen LogP contribution in [0.5, 0.6) is 11.5 Å². The van der Waals surface area contributed by atoms with Gasteiger partial charge < -0.3 is 9.47 Å². The highest BCUT2D eigenvalue weighted by Crippen LogP contribution is 2.36. The molecule has 0 saturated heterocycles. The van der Waals surface area contributed by atoms with Crippen molar-refractivity contribution in [2.24, 2.45) is 0 Å². The summed E-state index contributed by atoms with van der Waals surface area (Å²) in [6.45, 7) is 2.00. The Morgan fingerprint density at radius 2 is 1.75 bits per heavy atom. The van der Waals surface area contributed by atoms with E-state index in [9.17, 15) is 9.59 Å². The van der Waals surface area contributed by atoms with E-state index in [1.807, 2.05) is 0 Å². The van der Waals surface area contributed by atoms with Gasteiger partial charge in [-0.2, -0.15) is 0 Å². The number of hydrogen-bond acceptors (Lipinski definition) is 4. The van der Waals surface area contributed by atoms with Crippen LogP contribution in [0.15, 0.2) is 23.2 Å². The van der Waals surface area contributed by atoms with Gasteiger partial charge in [0.15, 0.2) is 11.5 Å². The monoisotopic (exact) mass is 295 g/mol. The number of hydrogen-bond donors (Lipinski definition) is 0.